The van der Waals surface area contributed by atoms with Gasteiger partial charge in [0.2, 0.25) is 5.91 Å². The molecule has 0 saturated heterocycles. The maximum atomic E-state index is 11.3. The standard InChI is InChI=1S/C18H18N2O/c1-2-18(21)20-17-12-10-16(11-13-17)19-14-6-9-15-7-4-3-5-8-15/h3-14H,2H2,1H3,(H,20,21). The highest BCUT2D eigenvalue weighted by Crippen LogP contribution is 2.16. The molecule has 106 valence electrons. The molecule has 0 bridgehead atoms. The molecule has 0 spiro atoms. The molecule has 2 rings (SSSR count). The predicted molar refractivity (Wildman–Crippen MR) is 89.0 cm³/mol. The minimum absolute atomic E-state index is 0.0112. The lowest BCUT2D eigenvalue weighted by Crippen LogP contribution is -2.08. The molecule has 0 radical (unpaired) electrons. The molecule has 0 fully saturated rings. The molecule has 3 nitrogen and oxygen atoms in total. The minimum atomic E-state index is 0.0112. The van der Waals surface area contributed by atoms with E-state index in [9.17, 15) is 4.79 Å². The zero-order chi connectivity index (χ0) is 14.9. The molecule has 0 aliphatic carbocycles. The van der Waals surface area contributed by atoms with Crippen molar-refractivity contribution in [1.82, 2.24) is 0 Å². The van der Waals surface area contributed by atoms with E-state index in [1.807, 2.05) is 73.7 Å². The number of carbonyl (C=O) groups excluding carboxylic acids is 1. The number of hydrogen-bond acceptors (Lipinski definition) is 2. The molecule has 2 aromatic rings. The molecule has 1 amide bonds. The number of amides is 1. The summed E-state index contributed by atoms with van der Waals surface area (Å²) in [5, 5.41) is 2.80. The van der Waals surface area contributed by atoms with Gasteiger partial charge in [-0.2, -0.15) is 0 Å². The summed E-state index contributed by atoms with van der Waals surface area (Å²) in [6, 6.07) is 17.5. The third-order valence-corrected chi connectivity index (χ3v) is 2.87. The Morgan fingerprint density at radius 1 is 1.10 bits per heavy atom. The summed E-state index contributed by atoms with van der Waals surface area (Å²) in [5.74, 6) is 0.0112. The zero-order valence-corrected chi connectivity index (χ0v) is 12.0. The van der Waals surface area contributed by atoms with Crippen LogP contribution in [0.4, 0.5) is 11.4 Å². The molecule has 1 N–H and O–H groups in total. The van der Waals surface area contributed by atoms with Crippen molar-refractivity contribution in [2.24, 2.45) is 4.99 Å². The molecule has 3 heteroatoms. The SMILES string of the molecule is CCC(=O)Nc1ccc(N=CC=Cc2ccccc2)cc1. The second-order valence-electron chi connectivity index (χ2n) is 4.50. The van der Waals surface area contributed by atoms with E-state index < -0.39 is 0 Å². The van der Waals surface area contributed by atoms with E-state index in [0.717, 1.165) is 16.9 Å². The fourth-order valence-electron chi connectivity index (χ4n) is 1.73. The van der Waals surface area contributed by atoms with E-state index in [-0.39, 0.29) is 5.91 Å². The van der Waals surface area contributed by atoms with Gasteiger partial charge in [-0.05, 0) is 35.9 Å². The van der Waals surface area contributed by atoms with Gasteiger partial charge in [-0.1, -0.05) is 43.3 Å². The Balaban J connectivity index is 1.92. The lowest BCUT2D eigenvalue weighted by atomic mass is 10.2. The van der Waals surface area contributed by atoms with Gasteiger partial charge < -0.3 is 5.32 Å². The van der Waals surface area contributed by atoms with Crippen LogP contribution in [0.3, 0.4) is 0 Å². The van der Waals surface area contributed by atoms with Gasteiger partial charge in [0.25, 0.3) is 0 Å². The van der Waals surface area contributed by atoms with Crippen LogP contribution in [-0.4, -0.2) is 12.1 Å². The maximum Gasteiger partial charge on any atom is 0.224 e. The van der Waals surface area contributed by atoms with Crippen LogP contribution in [0.2, 0.25) is 0 Å². The smallest absolute Gasteiger partial charge is 0.224 e. The number of anilines is 1. The van der Waals surface area contributed by atoms with Crippen molar-refractivity contribution in [3.63, 3.8) is 0 Å². The fourth-order valence-corrected chi connectivity index (χ4v) is 1.73. The average molecular weight is 278 g/mol. The number of allylic oxidation sites excluding steroid dienone is 1. The number of carbonyl (C=O) groups is 1. The van der Waals surface area contributed by atoms with Crippen molar-refractivity contribution in [3.05, 3.63) is 66.2 Å². The van der Waals surface area contributed by atoms with Gasteiger partial charge in [0, 0.05) is 18.3 Å². The summed E-state index contributed by atoms with van der Waals surface area (Å²) in [6.45, 7) is 1.83. The summed E-state index contributed by atoms with van der Waals surface area (Å²) in [4.78, 5) is 15.6. The van der Waals surface area contributed by atoms with Crippen molar-refractivity contribution >= 4 is 29.6 Å². The number of rotatable bonds is 5. The monoisotopic (exact) mass is 278 g/mol. The molecule has 0 aromatic heterocycles. The molecule has 21 heavy (non-hydrogen) atoms. The molecule has 0 saturated carbocycles. The molecule has 2 aromatic carbocycles. The Kier molecular flexibility index (Phi) is 5.47. The molecular weight excluding hydrogens is 260 g/mol. The van der Waals surface area contributed by atoms with Gasteiger partial charge in [0.1, 0.15) is 0 Å². The molecule has 0 atom stereocenters. The van der Waals surface area contributed by atoms with Gasteiger partial charge >= 0.3 is 0 Å². The van der Waals surface area contributed by atoms with Gasteiger partial charge in [0.05, 0.1) is 5.69 Å². The van der Waals surface area contributed by atoms with Crippen LogP contribution in [0.5, 0.6) is 0 Å². The lowest BCUT2D eigenvalue weighted by molar-refractivity contribution is -0.115. The Morgan fingerprint density at radius 2 is 1.81 bits per heavy atom. The highest BCUT2D eigenvalue weighted by atomic mass is 16.1. The number of hydrogen-bond donors (Lipinski definition) is 1. The van der Waals surface area contributed by atoms with E-state index in [1.165, 1.54) is 0 Å². The van der Waals surface area contributed by atoms with E-state index in [2.05, 4.69) is 10.3 Å². The van der Waals surface area contributed by atoms with Crippen LogP contribution in [-0.2, 0) is 4.79 Å². The summed E-state index contributed by atoms with van der Waals surface area (Å²) < 4.78 is 0. The second kappa shape index (κ2) is 7.80. The predicted octanol–water partition coefficient (Wildman–Crippen LogP) is 4.45. The molecule has 0 aliphatic heterocycles. The second-order valence-corrected chi connectivity index (χ2v) is 4.50. The van der Waals surface area contributed by atoms with Crippen LogP contribution in [0.1, 0.15) is 18.9 Å². The third kappa shape index (κ3) is 5.07. The summed E-state index contributed by atoms with van der Waals surface area (Å²) in [6.07, 6.45) is 6.14. The van der Waals surface area contributed by atoms with Crippen LogP contribution in [0, 0.1) is 0 Å². The van der Waals surface area contributed by atoms with Gasteiger partial charge in [-0.3, -0.25) is 9.79 Å². The van der Waals surface area contributed by atoms with E-state index in [4.69, 9.17) is 0 Å². The van der Waals surface area contributed by atoms with Crippen molar-refractivity contribution in [3.8, 4) is 0 Å². The average Bonchev–Trinajstić information content (AvgIpc) is 2.54. The largest absolute Gasteiger partial charge is 0.326 e. The van der Waals surface area contributed by atoms with E-state index in [0.29, 0.717) is 6.42 Å². The topological polar surface area (TPSA) is 41.5 Å². The first kappa shape index (κ1) is 14.7. The van der Waals surface area contributed by atoms with Crippen LogP contribution in [0.15, 0.2) is 65.7 Å². The number of nitrogens with zero attached hydrogens (tertiary/aromatic N) is 1. The number of benzene rings is 2. The van der Waals surface area contributed by atoms with Crippen molar-refractivity contribution in [2.75, 3.05) is 5.32 Å². The van der Waals surface area contributed by atoms with Gasteiger partial charge in [-0.25, -0.2) is 0 Å². The fraction of sp³-hybridized carbons (Fsp3) is 0.111. The van der Waals surface area contributed by atoms with Crippen LogP contribution >= 0.6 is 0 Å². The summed E-state index contributed by atoms with van der Waals surface area (Å²) >= 11 is 0. The molecular formula is C18H18N2O. The Labute approximate surface area is 125 Å². The first-order valence-corrected chi connectivity index (χ1v) is 6.93. The molecule has 0 aliphatic rings. The molecule has 0 unspecified atom stereocenters. The van der Waals surface area contributed by atoms with E-state index >= 15 is 0 Å². The van der Waals surface area contributed by atoms with Crippen molar-refractivity contribution in [1.29, 1.82) is 0 Å². The number of nitrogens with one attached hydrogen (secondary N) is 1. The Bertz CT molecular complexity index is 628. The van der Waals surface area contributed by atoms with Gasteiger partial charge in [-0.15, -0.1) is 0 Å². The summed E-state index contributed by atoms with van der Waals surface area (Å²) in [7, 11) is 0. The first-order chi connectivity index (χ1) is 10.3. The summed E-state index contributed by atoms with van der Waals surface area (Å²) in [5.41, 5.74) is 2.78. The number of aliphatic imine (C=N–C) groups is 1. The van der Waals surface area contributed by atoms with E-state index in [1.54, 1.807) is 6.21 Å². The van der Waals surface area contributed by atoms with Crippen molar-refractivity contribution < 1.29 is 4.79 Å². The quantitative estimate of drug-likeness (QED) is 0.806. The Hall–Kier alpha value is -2.68. The highest BCUT2D eigenvalue weighted by molar-refractivity contribution is 5.90. The normalized spacial score (nSPS) is 11.1. The van der Waals surface area contributed by atoms with Crippen LogP contribution < -0.4 is 5.32 Å². The Morgan fingerprint density at radius 3 is 2.48 bits per heavy atom. The maximum absolute atomic E-state index is 11.3. The zero-order valence-electron chi connectivity index (χ0n) is 12.0. The lowest BCUT2D eigenvalue weighted by Gasteiger charge is -2.02. The highest BCUT2D eigenvalue weighted by Gasteiger charge is 1.97. The van der Waals surface area contributed by atoms with Gasteiger partial charge in [0.15, 0.2) is 0 Å². The minimum Gasteiger partial charge on any atom is -0.326 e. The third-order valence-electron chi connectivity index (χ3n) is 2.87. The molecule has 0 heterocycles. The first-order valence-electron chi connectivity index (χ1n) is 6.93. The van der Waals surface area contributed by atoms with Crippen LogP contribution in [0.25, 0.3) is 6.08 Å². The van der Waals surface area contributed by atoms with Crippen molar-refractivity contribution in [2.45, 2.75) is 13.3 Å².